The van der Waals surface area contributed by atoms with Crippen LogP contribution in [0.25, 0.3) is 0 Å². The number of hydrogen-bond donors (Lipinski definition) is 2. The summed E-state index contributed by atoms with van der Waals surface area (Å²) in [7, 11) is -2.84. The second kappa shape index (κ2) is 9.00. The lowest BCUT2D eigenvalue weighted by Crippen LogP contribution is -2.42. The summed E-state index contributed by atoms with van der Waals surface area (Å²) in [4.78, 5) is 0. The van der Waals surface area contributed by atoms with Gasteiger partial charge in [-0.25, -0.2) is 8.42 Å². The van der Waals surface area contributed by atoms with Crippen molar-refractivity contribution in [2.24, 2.45) is 17.7 Å². The average molecular weight is 305 g/mol. The zero-order valence-electron chi connectivity index (χ0n) is 13.1. The van der Waals surface area contributed by atoms with E-state index in [0.29, 0.717) is 11.7 Å². The zero-order chi connectivity index (χ0) is 15.0. The van der Waals surface area contributed by atoms with E-state index in [4.69, 9.17) is 5.84 Å². The molecule has 0 bridgehead atoms. The highest BCUT2D eigenvalue weighted by Gasteiger charge is 2.26. The van der Waals surface area contributed by atoms with Gasteiger partial charge in [0.15, 0.2) is 0 Å². The first kappa shape index (κ1) is 17.9. The Morgan fingerprint density at radius 2 is 1.85 bits per heavy atom. The number of nitrogens with two attached hydrogens (primary N) is 1. The molecule has 3 N–H and O–H groups in total. The molecule has 1 aliphatic rings. The number of nitrogens with one attached hydrogen (secondary N) is 1. The number of hydrazine groups is 1. The van der Waals surface area contributed by atoms with Gasteiger partial charge in [-0.05, 0) is 37.5 Å². The third-order valence-electron chi connectivity index (χ3n) is 4.78. The van der Waals surface area contributed by atoms with Gasteiger partial charge in [0.05, 0.1) is 5.75 Å². The summed E-state index contributed by atoms with van der Waals surface area (Å²) in [6, 6.07) is 0.282. The number of sulfone groups is 1. The van der Waals surface area contributed by atoms with Gasteiger partial charge in [-0.15, -0.1) is 0 Å². The van der Waals surface area contributed by atoms with Crippen molar-refractivity contribution in [3.05, 3.63) is 0 Å². The van der Waals surface area contributed by atoms with E-state index in [1.54, 1.807) is 6.92 Å². The van der Waals surface area contributed by atoms with Crippen LogP contribution in [0.3, 0.4) is 0 Å². The van der Waals surface area contributed by atoms with E-state index in [1.165, 1.54) is 38.5 Å². The summed E-state index contributed by atoms with van der Waals surface area (Å²) >= 11 is 0. The molecule has 0 heterocycles. The highest BCUT2D eigenvalue weighted by molar-refractivity contribution is 7.91. The van der Waals surface area contributed by atoms with Gasteiger partial charge in [-0.3, -0.25) is 11.3 Å². The topological polar surface area (TPSA) is 72.2 Å². The summed E-state index contributed by atoms with van der Waals surface area (Å²) in [5.41, 5.74) is 2.93. The first-order valence-corrected chi connectivity index (χ1v) is 10.0. The van der Waals surface area contributed by atoms with Crippen molar-refractivity contribution in [2.75, 3.05) is 11.5 Å². The molecular formula is C15H32N2O2S. The highest BCUT2D eigenvalue weighted by atomic mass is 32.2. The van der Waals surface area contributed by atoms with Crippen molar-refractivity contribution in [3.63, 3.8) is 0 Å². The van der Waals surface area contributed by atoms with Crippen LogP contribution in [0.15, 0.2) is 0 Å². The number of hydrogen-bond acceptors (Lipinski definition) is 4. The summed E-state index contributed by atoms with van der Waals surface area (Å²) < 4.78 is 23.0. The minimum Gasteiger partial charge on any atom is -0.271 e. The Labute approximate surface area is 124 Å². The molecule has 0 aliphatic heterocycles. The van der Waals surface area contributed by atoms with Crippen LogP contribution in [-0.4, -0.2) is 26.0 Å². The van der Waals surface area contributed by atoms with E-state index in [9.17, 15) is 8.42 Å². The molecule has 0 aromatic carbocycles. The fourth-order valence-corrected chi connectivity index (χ4v) is 4.31. The second-order valence-electron chi connectivity index (χ2n) is 6.22. The summed E-state index contributed by atoms with van der Waals surface area (Å²) in [5, 5.41) is 0. The summed E-state index contributed by atoms with van der Waals surface area (Å²) in [6.07, 6.45) is 9.32. The molecule has 0 aromatic rings. The molecule has 1 unspecified atom stereocenters. The second-order valence-corrected chi connectivity index (χ2v) is 8.69. The predicted molar refractivity (Wildman–Crippen MR) is 85.0 cm³/mol. The molecule has 1 rings (SSSR count). The molecule has 1 saturated carbocycles. The Morgan fingerprint density at radius 3 is 2.35 bits per heavy atom. The van der Waals surface area contributed by atoms with Crippen molar-refractivity contribution in [1.82, 2.24) is 5.43 Å². The van der Waals surface area contributed by atoms with Gasteiger partial charge < -0.3 is 0 Å². The lowest BCUT2D eigenvalue weighted by Gasteiger charge is -2.33. The van der Waals surface area contributed by atoms with Crippen LogP contribution in [0, 0.1) is 11.8 Å². The van der Waals surface area contributed by atoms with E-state index in [1.807, 2.05) is 0 Å². The Balaban J connectivity index is 2.33. The van der Waals surface area contributed by atoms with Crippen molar-refractivity contribution in [2.45, 2.75) is 71.3 Å². The molecule has 5 heteroatoms. The molecule has 0 amide bonds. The first-order valence-electron chi connectivity index (χ1n) is 8.19. The van der Waals surface area contributed by atoms with Crippen LogP contribution in [-0.2, 0) is 9.84 Å². The third-order valence-corrected chi connectivity index (χ3v) is 6.57. The maximum atomic E-state index is 11.5. The van der Waals surface area contributed by atoms with Crippen molar-refractivity contribution >= 4 is 9.84 Å². The lowest BCUT2D eigenvalue weighted by molar-refractivity contribution is 0.207. The van der Waals surface area contributed by atoms with E-state index in [2.05, 4.69) is 12.3 Å². The van der Waals surface area contributed by atoms with E-state index in [0.717, 1.165) is 18.8 Å². The lowest BCUT2D eigenvalue weighted by atomic mass is 9.76. The Kier molecular flexibility index (Phi) is 8.07. The quantitative estimate of drug-likeness (QED) is 0.507. The van der Waals surface area contributed by atoms with Crippen molar-refractivity contribution < 1.29 is 8.42 Å². The third kappa shape index (κ3) is 6.10. The fraction of sp³-hybridized carbons (Fsp3) is 1.00. The molecule has 120 valence electrons. The highest BCUT2D eigenvalue weighted by Crippen LogP contribution is 2.34. The minimum absolute atomic E-state index is 0.246. The Morgan fingerprint density at radius 1 is 1.20 bits per heavy atom. The smallest absolute Gasteiger partial charge is 0.150 e. The standard InChI is InChI=1S/C15H32N2O2S/c1-3-6-13-8-10-14(11-9-13)15(17-16)7-5-12-20(18,19)4-2/h13-15,17H,3-12,16H2,1-2H3. The van der Waals surface area contributed by atoms with Crippen molar-refractivity contribution in [3.8, 4) is 0 Å². The van der Waals surface area contributed by atoms with Crippen LogP contribution in [0.1, 0.15) is 65.2 Å². The summed E-state index contributed by atoms with van der Waals surface area (Å²) in [5.74, 6) is 7.75. The normalized spacial score (nSPS) is 25.6. The van der Waals surface area contributed by atoms with E-state index in [-0.39, 0.29) is 11.8 Å². The molecule has 0 saturated heterocycles. The number of rotatable bonds is 9. The molecule has 4 nitrogen and oxygen atoms in total. The molecule has 1 atom stereocenters. The van der Waals surface area contributed by atoms with Crippen LogP contribution >= 0.6 is 0 Å². The zero-order valence-corrected chi connectivity index (χ0v) is 13.9. The largest absolute Gasteiger partial charge is 0.271 e. The van der Waals surface area contributed by atoms with Gasteiger partial charge in [0, 0.05) is 11.8 Å². The van der Waals surface area contributed by atoms with Gasteiger partial charge in [0.2, 0.25) is 0 Å². The van der Waals surface area contributed by atoms with Gasteiger partial charge in [0.1, 0.15) is 9.84 Å². The van der Waals surface area contributed by atoms with Crippen LogP contribution in [0.5, 0.6) is 0 Å². The maximum Gasteiger partial charge on any atom is 0.150 e. The SMILES string of the molecule is CCCC1CCC(C(CCCS(=O)(=O)CC)NN)CC1. The van der Waals surface area contributed by atoms with E-state index < -0.39 is 9.84 Å². The first-order chi connectivity index (χ1) is 9.52. The van der Waals surface area contributed by atoms with Crippen LogP contribution in [0.2, 0.25) is 0 Å². The van der Waals surface area contributed by atoms with Crippen molar-refractivity contribution in [1.29, 1.82) is 0 Å². The molecule has 0 spiro atoms. The monoisotopic (exact) mass is 304 g/mol. The predicted octanol–water partition coefficient (Wildman–Crippen LogP) is 2.64. The van der Waals surface area contributed by atoms with Gasteiger partial charge in [-0.1, -0.05) is 39.5 Å². The molecule has 0 radical (unpaired) electrons. The molecule has 1 fully saturated rings. The minimum atomic E-state index is -2.84. The molecular weight excluding hydrogens is 272 g/mol. The Bertz CT molecular complexity index is 349. The molecule has 20 heavy (non-hydrogen) atoms. The average Bonchev–Trinajstić information content (AvgIpc) is 2.45. The Hall–Kier alpha value is -0.130. The van der Waals surface area contributed by atoms with Gasteiger partial charge in [0.25, 0.3) is 0 Å². The molecule has 1 aliphatic carbocycles. The van der Waals surface area contributed by atoms with Crippen LogP contribution in [0.4, 0.5) is 0 Å². The summed E-state index contributed by atoms with van der Waals surface area (Å²) in [6.45, 7) is 3.97. The van der Waals surface area contributed by atoms with Gasteiger partial charge in [-0.2, -0.15) is 0 Å². The van der Waals surface area contributed by atoms with Crippen LogP contribution < -0.4 is 11.3 Å². The molecule has 0 aromatic heterocycles. The van der Waals surface area contributed by atoms with E-state index >= 15 is 0 Å². The fourth-order valence-electron chi connectivity index (χ4n) is 3.41. The van der Waals surface area contributed by atoms with Gasteiger partial charge >= 0.3 is 0 Å². The maximum absolute atomic E-state index is 11.5.